The van der Waals surface area contributed by atoms with Gasteiger partial charge in [0.15, 0.2) is 5.70 Å². The third-order valence-electron chi connectivity index (χ3n) is 3.81. The Morgan fingerprint density at radius 2 is 1.78 bits per heavy atom. The van der Waals surface area contributed by atoms with E-state index >= 15 is 0 Å². The SMILES string of the molecule is O=C1OC(c2ccc(F)cc2)=NC1=Cc1ccc(-c2cc(Cl)ccc2Cl)o1. The summed E-state index contributed by atoms with van der Waals surface area (Å²) in [7, 11) is 0. The van der Waals surface area contributed by atoms with Crippen molar-refractivity contribution in [3.63, 3.8) is 0 Å². The molecule has 0 radical (unpaired) electrons. The first-order valence-corrected chi connectivity index (χ1v) is 8.59. The minimum Gasteiger partial charge on any atom is -0.457 e. The van der Waals surface area contributed by atoms with Gasteiger partial charge in [0.2, 0.25) is 5.90 Å². The number of hydrogen-bond donors (Lipinski definition) is 0. The molecule has 1 aliphatic heterocycles. The zero-order chi connectivity index (χ0) is 19.0. The van der Waals surface area contributed by atoms with Gasteiger partial charge in [-0.05, 0) is 54.6 Å². The zero-order valence-corrected chi connectivity index (χ0v) is 15.1. The quantitative estimate of drug-likeness (QED) is 0.415. The van der Waals surface area contributed by atoms with Crippen LogP contribution in [0.5, 0.6) is 0 Å². The maximum absolute atomic E-state index is 13.0. The highest BCUT2D eigenvalue weighted by Gasteiger charge is 2.24. The number of rotatable bonds is 3. The van der Waals surface area contributed by atoms with Gasteiger partial charge in [-0.1, -0.05) is 23.2 Å². The molecule has 0 bridgehead atoms. The van der Waals surface area contributed by atoms with E-state index in [1.165, 1.54) is 30.3 Å². The fourth-order valence-corrected chi connectivity index (χ4v) is 2.90. The smallest absolute Gasteiger partial charge is 0.363 e. The predicted octanol–water partition coefficient (Wildman–Crippen LogP) is 5.74. The lowest BCUT2D eigenvalue weighted by molar-refractivity contribution is -0.129. The summed E-state index contributed by atoms with van der Waals surface area (Å²) in [6.45, 7) is 0. The van der Waals surface area contributed by atoms with Crippen molar-refractivity contribution in [3.05, 3.63) is 87.5 Å². The molecule has 0 N–H and O–H groups in total. The molecule has 0 saturated heterocycles. The molecule has 4 rings (SSSR count). The number of ether oxygens (including phenoxy) is 1. The molecule has 0 aliphatic carbocycles. The third kappa shape index (κ3) is 3.65. The number of furan rings is 1. The van der Waals surface area contributed by atoms with Crippen LogP contribution in [-0.4, -0.2) is 11.9 Å². The summed E-state index contributed by atoms with van der Waals surface area (Å²) in [6.07, 6.45) is 1.46. The number of hydrogen-bond acceptors (Lipinski definition) is 4. The van der Waals surface area contributed by atoms with Crippen molar-refractivity contribution in [3.8, 4) is 11.3 Å². The minimum atomic E-state index is -0.618. The standard InChI is InChI=1S/C20H10Cl2FNO3/c21-12-3-7-16(22)15(9-12)18-8-6-14(26-18)10-17-20(25)27-19(24-17)11-1-4-13(23)5-2-11/h1-10H. The van der Waals surface area contributed by atoms with Crippen LogP contribution < -0.4 is 0 Å². The van der Waals surface area contributed by atoms with Crippen molar-refractivity contribution in [2.45, 2.75) is 0 Å². The highest BCUT2D eigenvalue weighted by atomic mass is 35.5. The van der Waals surface area contributed by atoms with E-state index in [1.54, 1.807) is 30.3 Å². The first-order chi connectivity index (χ1) is 13.0. The lowest BCUT2D eigenvalue weighted by atomic mass is 10.2. The summed E-state index contributed by atoms with van der Waals surface area (Å²) in [5.41, 5.74) is 1.21. The van der Waals surface area contributed by atoms with E-state index in [9.17, 15) is 9.18 Å². The summed E-state index contributed by atoms with van der Waals surface area (Å²) < 4.78 is 23.9. The summed E-state index contributed by atoms with van der Waals surface area (Å²) in [4.78, 5) is 16.2. The average Bonchev–Trinajstić information content (AvgIpc) is 3.25. The molecule has 27 heavy (non-hydrogen) atoms. The van der Waals surface area contributed by atoms with Gasteiger partial charge in [0.1, 0.15) is 17.3 Å². The van der Waals surface area contributed by atoms with E-state index in [0.29, 0.717) is 32.7 Å². The van der Waals surface area contributed by atoms with Crippen LogP contribution in [0.2, 0.25) is 10.0 Å². The van der Waals surface area contributed by atoms with E-state index in [4.69, 9.17) is 32.4 Å². The minimum absolute atomic E-state index is 0.0763. The Bertz CT molecular complexity index is 1100. The van der Waals surface area contributed by atoms with E-state index in [0.717, 1.165) is 0 Å². The fraction of sp³-hybridized carbons (Fsp3) is 0. The molecule has 2 heterocycles. The Kier molecular flexibility index (Phi) is 4.56. The number of cyclic esters (lactones) is 1. The van der Waals surface area contributed by atoms with Crippen LogP contribution in [0.15, 0.2) is 69.7 Å². The van der Waals surface area contributed by atoms with E-state index in [2.05, 4.69) is 4.99 Å². The number of nitrogens with zero attached hydrogens (tertiary/aromatic N) is 1. The summed E-state index contributed by atoms with van der Waals surface area (Å²) in [5.74, 6) is 0.00626. The third-order valence-corrected chi connectivity index (χ3v) is 4.38. The van der Waals surface area contributed by atoms with Crippen molar-refractivity contribution in [2.75, 3.05) is 0 Å². The molecule has 0 fully saturated rings. The van der Waals surface area contributed by atoms with Crippen LogP contribution in [0, 0.1) is 5.82 Å². The molecule has 7 heteroatoms. The average molecular weight is 402 g/mol. The van der Waals surface area contributed by atoms with Crippen molar-refractivity contribution >= 4 is 41.1 Å². The number of aliphatic imine (C=N–C) groups is 1. The van der Waals surface area contributed by atoms with Crippen LogP contribution in [0.3, 0.4) is 0 Å². The highest BCUT2D eigenvalue weighted by Crippen LogP contribution is 2.32. The van der Waals surface area contributed by atoms with Gasteiger partial charge in [-0.25, -0.2) is 14.2 Å². The maximum atomic E-state index is 13.0. The lowest BCUT2D eigenvalue weighted by Gasteiger charge is -2.01. The van der Waals surface area contributed by atoms with E-state index in [-0.39, 0.29) is 17.4 Å². The van der Waals surface area contributed by atoms with Gasteiger partial charge in [0.05, 0.1) is 5.02 Å². The Morgan fingerprint density at radius 3 is 2.56 bits per heavy atom. The van der Waals surface area contributed by atoms with Crippen molar-refractivity contribution < 1.29 is 18.3 Å². The molecule has 1 aromatic heterocycles. The molecule has 3 aromatic rings. The van der Waals surface area contributed by atoms with Gasteiger partial charge in [0, 0.05) is 22.2 Å². The van der Waals surface area contributed by atoms with Crippen molar-refractivity contribution in [1.82, 2.24) is 0 Å². The largest absolute Gasteiger partial charge is 0.457 e. The molecule has 2 aromatic carbocycles. The number of halogens is 3. The van der Waals surface area contributed by atoms with Gasteiger partial charge in [-0.2, -0.15) is 0 Å². The molecule has 1 aliphatic rings. The zero-order valence-electron chi connectivity index (χ0n) is 13.6. The highest BCUT2D eigenvalue weighted by molar-refractivity contribution is 6.35. The number of carbonyl (C=O) groups is 1. The fourth-order valence-electron chi connectivity index (χ4n) is 2.52. The topological polar surface area (TPSA) is 51.8 Å². The van der Waals surface area contributed by atoms with Gasteiger partial charge >= 0.3 is 5.97 Å². The molecule has 0 spiro atoms. The second kappa shape index (κ2) is 7.02. The molecule has 0 unspecified atom stereocenters. The number of carbonyl (C=O) groups excluding carboxylic acids is 1. The predicted molar refractivity (Wildman–Crippen MR) is 101 cm³/mol. The Labute approximate surface area is 163 Å². The van der Waals surface area contributed by atoms with Crippen molar-refractivity contribution in [2.24, 2.45) is 4.99 Å². The van der Waals surface area contributed by atoms with Gasteiger partial charge < -0.3 is 9.15 Å². The second-order valence-electron chi connectivity index (χ2n) is 5.67. The Balaban J connectivity index is 1.64. The maximum Gasteiger partial charge on any atom is 0.363 e. The molecular formula is C20H10Cl2FNO3. The Morgan fingerprint density at radius 1 is 1.00 bits per heavy atom. The molecule has 0 atom stereocenters. The van der Waals surface area contributed by atoms with E-state index in [1.807, 2.05) is 0 Å². The first-order valence-electron chi connectivity index (χ1n) is 7.83. The van der Waals surface area contributed by atoms with Crippen LogP contribution in [0.4, 0.5) is 4.39 Å². The number of esters is 1. The summed E-state index contributed by atoms with van der Waals surface area (Å²) >= 11 is 12.2. The van der Waals surface area contributed by atoms with E-state index < -0.39 is 5.97 Å². The van der Waals surface area contributed by atoms with Crippen LogP contribution >= 0.6 is 23.2 Å². The lowest BCUT2D eigenvalue weighted by Crippen LogP contribution is -2.05. The molecule has 0 amide bonds. The van der Waals surface area contributed by atoms with Gasteiger partial charge in [-0.3, -0.25) is 0 Å². The molecule has 4 nitrogen and oxygen atoms in total. The van der Waals surface area contributed by atoms with Crippen LogP contribution in [0.25, 0.3) is 17.4 Å². The van der Waals surface area contributed by atoms with Crippen LogP contribution in [-0.2, 0) is 9.53 Å². The van der Waals surface area contributed by atoms with Crippen molar-refractivity contribution in [1.29, 1.82) is 0 Å². The van der Waals surface area contributed by atoms with Crippen LogP contribution in [0.1, 0.15) is 11.3 Å². The number of benzene rings is 2. The normalized spacial score (nSPS) is 15.1. The molecular weight excluding hydrogens is 392 g/mol. The molecule has 0 saturated carbocycles. The summed E-state index contributed by atoms with van der Waals surface area (Å²) in [5, 5.41) is 1.02. The molecule has 134 valence electrons. The second-order valence-corrected chi connectivity index (χ2v) is 6.51. The first kappa shape index (κ1) is 17.5. The van der Waals surface area contributed by atoms with Gasteiger partial charge in [-0.15, -0.1) is 0 Å². The summed E-state index contributed by atoms with van der Waals surface area (Å²) in [6, 6.07) is 13.9. The van der Waals surface area contributed by atoms with Gasteiger partial charge in [0.25, 0.3) is 0 Å². The monoisotopic (exact) mass is 401 g/mol. The Hall–Kier alpha value is -2.89.